The highest BCUT2D eigenvalue weighted by Crippen LogP contribution is 2.21. The van der Waals surface area contributed by atoms with Crippen LogP contribution in [-0.4, -0.2) is 102 Å². The van der Waals surface area contributed by atoms with Crippen LogP contribution in [0.5, 0.6) is 0 Å². The lowest BCUT2D eigenvalue weighted by Crippen LogP contribution is -2.49. The molecule has 0 spiro atoms. The molecule has 3 heterocycles. The molecule has 2 saturated heterocycles. The van der Waals surface area contributed by atoms with Gasteiger partial charge in [-0.1, -0.05) is 0 Å². The lowest BCUT2D eigenvalue weighted by atomic mass is 10.1. The highest BCUT2D eigenvalue weighted by molar-refractivity contribution is 5.80. The molecule has 1 atom stereocenters. The maximum Gasteiger partial charge on any atom is 0.219 e. The molecule has 0 saturated carbocycles. The first-order valence-corrected chi connectivity index (χ1v) is 10.2. The molecule has 2 aliphatic heterocycles. The number of aromatic nitrogens is 2. The highest BCUT2D eigenvalue weighted by Gasteiger charge is 2.25. The molecule has 1 unspecified atom stereocenters. The smallest absolute Gasteiger partial charge is 0.219 e. The van der Waals surface area contributed by atoms with Crippen molar-refractivity contribution < 1.29 is 9.53 Å². The Morgan fingerprint density at radius 2 is 2.07 bits per heavy atom. The van der Waals surface area contributed by atoms with Crippen molar-refractivity contribution in [1.82, 2.24) is 29.8 Å². The zero-order valence-corrected chi connectivity index (χ0v) is 17.3. The normalized spacial score (nSPS) is 21.8. The molecular formula is C19H33N7O2. The topological polar surface area (TPSA) is 78.2 Å². The van der Waals surface area contributed by atoms with Crippen LogP contribution in [0, 0.1) is 0 Å². The Hall–Kier alpha value is -2.13. The molecule has 1 amide bonds. The summed E-state index contributed by atoms with van der Waals surface area (Å²) in [4.78, 5) is 22.9. The number of rotatable bonds is 5. The number of aryl methyl sites for hydroxylation is 1. The fourth-order valence-electron chi connectivity index (χ4n) is 3.66. The number of piperazine rings is 1. The molecule has 3 rings (SSSR count). The summed E-state index contributed by atoms with van der Waals surface area (Å²) >= 11 is 0. The minimum absolute atomic E-state index is 0.0194. The average Bonchev–Trinajstić information content (AvgIpc) is 3.14. The molecule has 1 aromatic rings. The molecule has 2 fully saturated rings. The number of carbonyl (C=O) groups excluding carboxylic acids is 1. The molecule has 0 aromatic carbocycles. The predicted octanol–water partition coefficient (Wildman–Crippen LogP) is -0.0770. The number of amides is 1. The number of carbonyl (C=O) groups is 1. The third-order valence-corrected chi connectivity index (χ3v) is 5.29. The van der Waals surface area contributed by atoms with E-state index < -0.39 is 0 Å². The van der Waals surface area contributed by atoms with Crippen LogP contribution in [0.2, 0.25) is 0 Å². The summed E-state index contributed by atoms with van der Waals surface area (Å²) in [5.41, 5.74) is 1.10. The fourth-order valence-corrected chi connectivity index (χ4v) is 3.66. The highest BCUT2D eigenvalue weighted by atomic mass is 16.5. The molecule has 9 heteroatoms. The van der Waals surface area contributed by atoms with Crippen molar-refractivity contribution >= 4 is 11.9 Å². The van der Waals surface area contributed by atoms with Crippen molar-refractivity contribution in [2.75, 3.05) is 65.5 Å². The molecule has 28 heavy (non-hydrogen) atoms. The lowest BCUT2D eigenvalue weighted by Gasteiger charge is -2.35. The van der Waals surface area contributed by atoms with Gasteiger partial charge >= 0.3 is 0 Å². The number of aliphatic imine (C=N–C) groups is 1. The summed E-state index contributed by atoms with van der Waals surface area (Å²) in [6, 6.07) is 0. The zero-order valence-electron chi connectivity index (χ0n) is 17.3. The molecule has 9 nitrogen and oxygen atoms in total. The number of nitrogens with one attached hydrogen (secondary N) is 1. The molecule has 0 radical (unpaired) electrons. The van der Waals surface area contributed by atoms with Crippen molar-refractivity contribution in [1.29, 1.82) is 0 Å². The van der Waals surface area contributed by atoms with E-state index in [2.05, 4.69) is 27.1 Å². The Labute approximate surface area is 167 Å². The summed E-state index contributed by atoms with van der Waals surface area (Å²) in [6.45, 7) is 12.0. The molecule has 0 aliphatic carbocycles. The van der Waals surface area contributed by atoms with E-state index in [4.69, 9.17) is 9.73 Å². The van der Waals surface area contributed by atoms with Crippen LogP contribution in [0.4, 0.5) is 0 Å². The van der Waals surface area contributed by atoms with E-state index in [0.29, 0.717) is 6.61 Å². The van der Waals surface area contributed by atoms with Crippen LogP contribution in [0.25, 0.3) is 0 Å². The van der Waals surface area contributed by atoms with Gasteiger partial charge in [0.1, 0.15) is 6.10 Å². The third kappa shape index (κ3) is 5.45. The molecule has 1 N–H and O–H groups in total. The fraction of sp³-hybridized carbons (Fsp3) is 0.737. The van der Waals surface area contributed by atoms with Gasteiger partial charge < -0.3 is 19.9 Å². The third-order valence-electron chi connectivity index (χ3n) is 5.29. The molecule has 1 aromatic heterocycles. The summed E-state index contributed by atoms with van der Waals surface area (Å²) < 4.78 is 7.76. The summed E-state index contributed by atoms with van der Waals surface area (Å²) in [5, 5.41) is 7.68. The first kappa shape index (κ1) is 20.6. The van der Waals surface area contributed by atoms with E-state index in [1.54, 1.807) is 6.92 Å². The maximum absolute atomic E-state index is 11.4. The Morgan fingerprint density at radius 1 is 1.29 bits per heavy atom. The van der Waals surface area contributed by atoms with Crippen LogP contribution in [0.1, 0.15) is 25.5 Å². The van der Waals surface area contributed by atoms with Crippen LogP contribution < -0.4 is 5.32 Å². The van der Waals surface area contributed by atoms with Gasteiger partial charge in [-0.05, 0) is 6.92 Å². The van der Waals surface area contributed by atoms with Crippen molar-refractivity contribution in [3.05, 3.63) is 18.0 Å². The van der Waals surface area contributed by atoms with E-state index in [1.807, 2.05) is 29.0 Å². The predicted molar refractivity (Wildman–Crippen MR) is 108 cm³/mol. The van der Waals surface area contributed by atoms with Crippen LogP contribution in [0.3, 0.4) is 0 Å². The van der Waals surface area contributed by atoms with Gasteiger partial charge in [-0.25, -0.2) is 0 Å². The van der Waals surface area contributed by atoms with Gasteiger partial charge in [0, 0.05) is 71.5 Å². The largest absolute Gasteiger partial charge is 0.370 e. The van der Waals surface area contributed by atoms with Crippen LogP contribution >= 0.6 is 0 Å². The number of nitrogens with zero attached hydrogens (tertiary/aromatic N) is 6. The van der Waals surface area contributed by atoms with Crippen molar-refractivity contribution in [3.8, 4) is 0 Å². The zero-order chi connectivity index (χ0) is 19.9. The molecule has 2 aliphatic rings. The van der Waals surface area contributed by atoms with E-state index in [9.17, 15) is 4.79 Å². The van der Waals surface area contributed by atoms with Gasteiger partial charge in [-0.2, -0.15) is 5.10 Å². The van der Waals surface area contributed by atoms with Gasteiger partial charge in [0.2, 0.25) is 5.91 Å². The number of ether oxygens (including phenoxy) is 1. The Morgan fingerprint density at radius 3 is 2.71 bits per heavy atom. The van der Waals surface area contributed by atoms with E-state index >= 15 is 0 Å². The van der Waals surface area contributed by atoms with Gasteiger partial charge in [-0.15, -0.1) is 0 Å². The second-order valence-electron chi connectivity index (χ2n) is 7.34. The molecule has 156 valence electrons. The second-order valence-corrected chi connectivity index (χ2v) is 7.34. The quantitative estimate of drug-likeness (QED) is 0.559. The number of guanidine groups is 1. The summed E-state index contributed by atoms with van der Waals surface area (Å²) in [6.07, 6.45) is 3.91. The van der Waals surface area contributed by atoms with E-state index in [-0.39, 0.29) is 12.0 Å². The Balaban J connectivity index is 1.52. The van der Waals surface area contributed by atoms with Crippen molar-refractivity contribution in [3.63, 3.8) is 0 Å². The van der Waals surface area contributed by atoms with Crippen LogP contribution in [-0.2, 0) is 16.6 Å². The maximum atomic E-state index is 11.4. The number of hydrogen-bond donors (Lipinski definition) is 1. The lowest BCUT2D eigenvalue weighted by molar-refractivity contribution is -0.130. The molecule has 0 bridgehead atoms. The van der Waals surface area contributed by atoms with E-state index in [1.165, 1.54) is 0 Å². The number of hydrogen-bond acceptors (Lipinski definition) is 5. The SMILES string of the molecule is CCNC(=NCCN1CCN(C(C)=O)CC1)N1CCOC(c2cnn(C)c2)C1. The molecular weight excluding hydrogens is 358 g/mol. The summed E-state index contributed by atoms with van der Waals surface area (Å²) in [7, 11) is 1.92. The average molecular weight is 392 g/mol. The van der Waals surface area contributed by atoms with Gasteiger partial charge in [0.15, 0.2) is 5.96 Å². The first-order valence-electron chi connectivity index (χ1n) is 10.2. The van der Waals surface area contributed by atoms with E-state index in [0.717, 1.165) is 70.4 Å². The Bertz CT molecular complexity index is 667. The van der Waals surface area contributed by atoms with Crippen LogP contribution in [0.15, 0.2) is 17.4 Å². The minimum Gasteiger partial charge on any atom is -0.370 e. The monoisotopic (exact) mass is 391 g/mol. The van der Waals surface area contributed by atoms with Gasteiger partial charge in [-0.3, -0.25) is 19.4 Å². The second kappa shape index (κ2) is 9.88. The Kier molecular flexibility index (Phi) is 7.27. The van der Waals surface area contributed by atoms with Crippen molar-refractivity contribution in [2.45, 2.75) is 20.0 Å². The number of morpholine rings is 1. The minimum atomic E-state index is 0.0194. The first-order chi connectivity index (χ1) is 13.6. The van der Waals surface area contributed by atoms with Gasteiger partial charge in [0.25, 0.3) is 0 Å². The standard InChI is InChI=1S/C19H33N7O2/c1-4-20-19(21-5-6-24-7-9-25(10-8-24)16(2)27)26-11-12-28-18(15-26)17-13-22-23(3)14-17/h13-14,18H,4-12,15H2,1-3H3,(H,20,21). The van der Waals surface area contributed by atoms with Gasteiger partial charge in [0.05, 0.1) is 25.9 Å². The summed E-state index contributed by atoms with van der Waals surface area (Å²) in [5.74, 6) is 1.12. The van der Waals surface area contributed by atoms with Crippen molar-refractivity contribution in [2.24, 2.45) is 12.0 Å².